The molecule has 178 valence electrons. The van der Waals surface area contributed by atoms with Crippen molar-refractivity contribution in [1.82, 2.24) is 15.5 Å². The van der Waals surface area contributed by atoms with Gasteiger partial charge in [-0.3, -0.25) is 9.59 Å². The standard InChI is InChI=1S/C22H31BrClN3O5/c1-22(2,3)32-21(30)25-14-20(29)27-10-8-16(9-11-27)26-19(28)5-4-12-31-18-7-6-15(23)13-17(18)24/h6-7,13,16H,4-5,8-12,14H2,1-3H3,(H,25,30)(H,26,28). The van der Waals surface area contributed by atoms with E-state index in [0.29, 0.717) is 56.2 Å². The highest BCUT2D eigenvalue weighted by atomic mass is 79.9. The molecule has 3 amide bonds. The highest BCUT2D eigenvalue weighted by Gasteiger charge is 2.24. The van der Waals surface area contributed by atoms with Crippen LogP contribution >= 0.6 is 27.5 Å². The maximum absolute atomic E-state index is 12.3. The topological polar surface area (TPSA) is 97.0 Å². The summed E-state index contributed by atoms with van der Waals surface area (Å²) in [6, 6.07) is 5.42. The average molecular weight is 533 g/mol. The number of piperidine rings is 1. The van der Waals surface area contributed by atoms with Gasteiger partial charge >= 0.3 is 6.09 Å². The molecule has 1 aliphatic rings. The van der Waals surface area contributed by atoms with Crippen molar-refractivity contribution in [3.8, 4) is 5.75 Å². The zero-order valence-corrected chi connectivity index (χ0v) is 21.1. The van der Waals surface area contributed by atoms with Crippen LogP contribution in [0.1, 0.15) is 46.5 Å². The van der Waals surface area contributed by atoms with Crippen LogP contribution in [0, 0.1) is 0 Å². The number of nitrogens with one attached hydrogen (secondary N) is 2. The lowest BCUT2D eigenvalue weighted by molar-refractivity contribution is -0.131. The van der Waals surface area contributed by atoms with Crippen LogP contribution in [0.5, 0.6) is 5.75 Å². The molecule has 2 N–H and O–H groups in total. The second-order valence-corrected chi connectivity index (χ2v) is 9.93. The van der Waals surface area contributed by atoms with Crippen LogP contribution in [-0.4, -0.2) is 60.7 Å². The van der Waals surface area contributed by atoms with Crippen molar-refractivity contribution < 1.29 is 23.9 Å². The Bertz CT molecular complexity index is 807. The van der Waals surface area contributed by atoms with Crippen LogP contribution in [0.3, 0.4) is 0 Å². The fourth-order valence-electron chi connectivity index (χ4n) is 3.15. The maximum Gasteiger partial charge on any atom is 0.408 e. The zero-order valence-electron chi connectivity index (χ0n) is 18.7. The Morgan fingerprint density at radius 1 is 1.22 bits per heavy atom. The fourth-order valence-corrected chi connectivity index (χ4v) is 3.88. The van der Waals surface area contributed by atoms with Crippen molar-refractivity contribution in [3.05, 3.63) is 27.7 Å². The number of ether oxygens (including phenoxy) is 2. The molecule has 1 aliphatic heterocycles. The van der Waals surface area contributed by atoms with Gasteiger partial charge in [-0.1, -0.05) is 27.5 Å². The Morgan fingerprint density at radius 2 is 1.91 bits per heavy atom. The van der Waals surface area contributed by atoms with Gasteiger partial charge in [-0.2, -0.15) is 0 Å². The molecule has 8 nitrogen and oxygen atoms in total. The summed E-state index contributed by atoms with van der Waals surface area (Å²) < 4.78 is 11.6. The molecule has 1 heterocycles. The van der Waals surface area contributed by atoms with Crippen LogP contribution in [0.25, 0.3) is 0 Å². The molecule has 10 heteroatoms. The molecule has 0 aliphatic carbocycles. The molecule has 0 bridgehead atoms. The second-order valence-electron chi connectivity index (χ2n) is 8.60. The van der Waals surface area contributed by atoms with E-state index >= 15 is 0 Å². The predicted octanol–water partition coefficient (Wildman–Crippen LogP) is 3.89. The summed E-state index contributed by atoms with van der Waals surface area (Å²) in [6.45, 7) is 6.65. The van der Waals surface area contributed by atoms with Crippen LogP contribution < -0.4 is 15.4 Å². The maximum atomic E-state index is 12.3. The normalized spacial score (nSPS) is 14.6. The van der Waals surface area contributed by atoms with Crippen molar-refractivity contribution in [2.45, 2.75) is 58.1 Å². The van der Waals surface area contributed by atoms with Crippen LogP contribution in [-0.2, 0) is 14.3 Å². The summed E-state index contributed by atoms with van der Waals surface area (Å²) >= 11 is 9.45. The third-order valence-electron chi connectivity index (χ3n) is 4.70. The van der Waals surface area contributed by atoms with Gasteiger partial charge in [-0.25, -0.2) is 4.79 Å². The summed E-state index contributed by atoms with van der Waals surface area (Å²) in [5, 5.41) is 6.02. The largest absolute Gasteiger partial charge is 0.492 e. The number of nitrogens with zero attached hydrogens (tertiary/aromatic N) is 1. The van der Waals surface area contributed by atoms with E-state index in [0.717, 1.165) is 4.47 Å². The van der Waals surface area contributed by atoms with Crippen molar-refractivity contribution >= 4 is 45.4 Å². The highest BCUT2D eigenvalue weighted by Crippen LogP contribution is 2.27. The van der Waals surface area contributed by atoms with Crippen LogP contribution in [0.2, 0.25) is 5.02 Å². The number of likely N-dealkylation sites (tertiary alicyclic amines) is 1. The third-order valence-corrected chi connectivity index (χ3v) is 5.48. The van der Waals surface area contributed by atoms with Gasteiger partial charge in [0.05, 0.1) is 11.6 Å². The summed E-state index contributed by atoms with van der Waals surface area (Å²) in [5.74, 6) is 0.393. The molecule has 1 aromatic rings. The monoisotopic (exact) mass is 531 g/mol. The average Bonchev–Trinajstić information content (AvgIpc) is 2.70. The fraction of sp³-hybridized carbons (Fsp3) is 0.591. The first kappa shape index (κ1) is 26.3. The molecule has 0 unspecified atom stereocenters. The second kappa shape index (κ2) is 12.3. The van der Waals surface area contributed by atoms with E-state index in [9.17, 15) is 14.4 Å². The van der Waals surface area contributed by atoms with Crippen molar-refractivity contribution in [2.24, 2.45) is 0 Å². The SMILES string of the molecule is CC(C)(C)OC(=O)NCC(=O)N1CCC(NC(=O)CCCOc2ccc(Br)cc2Cl)CC1. The summed E-state index contributed by atoms with van der Waals surface area (Å²) in [5.41, 5.74) is -0.609. The molecule has 1 saturated heterocycles. The van der Waals surface area contributed by atoms with Crippen LogP contribution in [0.15, 0.2) is 22.7 Å². The van der Waals surface area contributed by atoms with Gasteiger partial charge in [0.15, 0.2) is 0 Å². The Kier molecular flexibility index (Phi) is 10.1. The van der Waals surface area contributed by atoms with E-state index in [1.54, 1.807) is 37.8 Å². The quantitative estimate of drug-likeness (QED) is 0.495. The van der Waals surface area contributed by atoms with Gasteiger partial charge in [0, 0.05) is 30.0 Å². The molecule has 0 saturated carbocycles. The molecule has 0 aromatic heterocycles. The van der Waals surface area contributed by atoms with Crippen molar-refractivity contribution in [1.29, 1.82) is 0 Å². The number of rotatable bonds is 8. The molecule has 0 atom stereocenters. The number of hydrogen-bond acceptors (Lipinski definition) is 5. The van der Waals surface area contributed by atoms with E-state index in [4.69, 9.17) is 21.1 Å². The molecule has 1 fully saturated rings. The Balaban J connectivity index is 1.60. The van der Waals surface area contributed by atoms with Crippen molar-refractivity contribution in [3.63, 3.8) is 0 Å². The van der Waals surface area contributed by atoms with E-state index in [-0.39, 0.29) is 24.4 Å². The summed E-state index contributed by atoms with van der Waals surface area (Å²) in [4.78, 5) is 37.8. The lowest BCUT2D eigenvalue weighted by Crippen LogP contribution is -2.49. The van der Waals surface area contributed by atoms with Crippen LogP contribution in [0.4, 0.5) is 4.79 Å². The minimum atomic E-state index is -0.612. The van der Waals surface area contributed by atoms with E-state index in [1.807, 2.05) is 6.07 Å². The molecule has 0 radical (unpaired) electrons. The molecule has 2 rings (SSSR count). The van der Waals surface area contributed by atoms with E-state index in [2.05, 4.69) is 26.6 Å². The molecular formula is C22H31BrClN3O5. The highest BCUT2D eigenvalue weighted by molar-refractivity contribution is 9.10. The smallest absolute Gasteiger partial charge is 0.408 e. The Labute approximate surface area is 202 Å². The summed E-state index contributed by atoms with van der Waals surface area (Å²) in [7, 11) is 0. The van der Waals surface area contributed by atoms with E-state index in [1.165, 1.54) is 0 Å². The zero-order chi connectivity index (χ0) is 23.7. The minimum absolute atomic E-state index is 0.0344. The number of amides is 3. The number of alkyl carbamates (subject to hydrolysis) is 1. The predicted molar refractivity (Wildman–Crippen MR) is 126 cm³/mol. The van der Waals surface area contributed by atoms with Gasteiger partial charge in [0.25, 0.3) is 0 Å². The van der Waals surface area contributed by atoms with Gasteiger partial charge in [0.1, 0.15) is 17.9 Å². The van der Waals surface area contributed by atoms with Crippen molar-refractivity contribution in [2.75, 3.05) is 26.2 Å². The molecule has 1 aromatic carbocycles. The first-order valence-electron chi connectivity index (χ1n) is 10.7. The summed E-state index contributed by atoms with van der Waals surface area (Å²) in [6.07, 6.45) is 1.67. The molecular weight excluding hydrogens is 502 g/mol. The Morgan fingerprint density at radius 3 is 2.53 bits per heavy atom. The first-order valence-corrected chi connectivity index (χ1v) is 11.8. The van der Waals surface area contributed by atoms with Gasteiger partial charge in [0.2, 0.25) is 11.8 Å². The number of carbonyl (C=O) groups excluding carboxylic acids is 3. The van der Waals surface area contributed by atoms with E-state index < -0.39 is 11.7 Å². The molecule has 32 heavy (non-hydrogen) atoms. The molecule has 0 spiro atoms. The van der Waals surface area contributed by atoms with Gasteiger partial charge in [-0.05, 0) is 58.2 Å². The minimum Gasteiger partial charge on any atom is -0.492 e. The Hall–Kier alpha value is -2.00. The lowest BCUT2D eigenvalue weighted by Gasteiger charge is -2.32. The number of halogens is 2. The number of benzene rings is 1. The lowest BCUT2D eigenvalue weighted by atomic mass is 10.0. The first-order chi connectivity index (χ1) is 15.0. The third kappa shape index (κ3) is 9.65. The number of hydrogen-bond donors (Lipinski definition) is 2. The number of carbonyl (C=O) groups is 3. The van der Waals surface area contributed by atoms with Gasteiger partial charge in [-0.15, -0.1) is 0 Å². The van der Waals surface area contributed by atoms with Gasteiger partial charge < -0.3 is 25.0 Å².